The summed E-state index contributed by atoms with van der Waals surface area (Å²) in [7, 11) is -3.72. The van der Waals surface area contributed by atoms with Crippen molar-refractivity contribution in [2.45, 2.75) is 24.9 Å². The Kier molecular flexibility index (Phi) is 7.23. The zero-order valence-electron chi connectivity index (χ0n) is 18.8. The van der Waals surface area contributed by atoms with E-state index in [4.69, 9.17) is 0 Å². The van der Waals surface area contributed by atoms with Gasteiger partial charge in [-0.15, -0.1) is 0 Å². The van der Waals surface area contributed by atoms with E-state index in [1.165, 1.54) is 23.3 Å². The van der Waals surface area contributed by atoms with E-state index in [1.807, 2.05) is 30.3 Å². The molecule has 0 bridgehead atoms. The highest BCUT2D eigenvalue weighted by atomic mass is 32.2. The quantitative estimate of drug-likeness (QED) is 0.583. The van der Waals surface area contributed by atoms with E-state index >= 15 is 0 Å². The molecule has 4 rings (SSSR count). The molecule has 1 aliphatic rings. The summed E-state index contributed by atoms with van der Waals surface area (Å²) < 4.78 is 28.1. The molecule has 0 saturated carbocycles. The average molecular weight is 464 g/mol. The van der Waals surface area contributed by atoms with Crippen molar-refractivity contribution in [1.29, 1.82) is 0 Å². The summed E-state index contributed by atoms with van der Waals surface area (Å²) in [5.74, 6) is -0.134. The minimum Gasteiger partial charge on any atom is -0.336 e. The lowest BCUT2D eigenvalue weighted by atomic mass is 10.1. The highest BCUT2D eigenvalue weighted by molar-refractivity contribution is 7.89. The number of aryl methyl sites for hydroxylation is 1. The van der Waals surface area contributed by atoms with Gasteiger partial charge >= 0.3 is 0 Å². The van der Waals surface area contributed by atoms with Gasteiger partial charge in [-0.25, -0.2) is 13.1 Å². The molecule has 0 aliphatic carbocycles. The second-order valence-corrected chi connectivity index (χ2v) is 10.2. The molecule has 7 heteroatoms. The number of piperazine rings is 1. The van der Waals surface area contributed by atoms with Crippen LogP contribution in [0, 0.1) is 6.92 Å². The van der Waals surface area contributed by atoms with Gasteiger partial charge in [0, 0.05) is 44.8 Å². The molecule has 1 N–H and O–H groups in total. The van der Waals surface area contributed by atoms with Crippen LogP contribution in [0.5, 0.6) is 0 Å². The zero-order valence-corrected chi connectivity index (χ0v) is 19.6. The smallest absolute Gasteiger partial charge is 0.253 e. The van der Waals surface area contributed by atoms with Crippen LogP contribution >= 0.6 is 0 Å². The minimum absolute atomic E-state index is 0.0994. The summed E-state index contributed by atoms with van der Waals surface area (Å²) in [5, 5.41) is 0. The van der Waals surface area contributed by atoms with Crippen LogP contribution in [0.25, 0.3) is 0 Å². The summed E-state index contributed by atoms with van der Waals surface area (Å²) >= 11 is 0. The number of carbonyl (C=O) groups excluding carboxylic acids is 1. The van der Waals surface area contributed by atoms with Gasteiger partial charge in [0.2, 0.25) is 10.0 Å². The number of benzene rings is 3. The highest BCUT2D eigenvalue weighted by Gasteiger charge is 2.23. The maximum absolute atomic E-state index is 13.1. The third kappa shape index (κ3) is 6.07. The third-order valence-corrected chi connectivity index (χ3v) is 7.25. The van der Waals surface area contributed by atoms with Gasteiger partial charge in [-0.05, 0) is 36.2 Å². The van der Waals surface area contributed by atoms with Crippen LogP contribution in [0.1, 0.15) is 27.0 Å². The lowest BCUT2D eigenvalue weighted by molar-refractivity contribution is 0.0628. The second-order valence-electron chi connectivity index (χ2n) is 8.40. The Hall–Kier alpha value is -3.00. The first-order valence-electron chi connectivity index (χ1n) is 11.1. The standard InChI is InChI=1S/C26H29N3O3S/c1-21-7-5-10-23(17-21)20-28-13-15-29(16-14-28)26(30)24-11-6-12-25(18-24)33(31,32)27-19-22-8-3-2-4-9-22/h2-12,17-18,27H,13-16,19-20H2,1H3. The fourth-order valence-electron chi connectivity index (χ4n) is 4.01. The van der Waals surface area contributed by atoms with Crippen LogP contribution in [-0.2, 0) is 23.1 Å². The maximum Gasteiger partial charge on any atom is 0.253 e. The molecule has 1 amide bonds. The van der Waals surface area contributed by atoms with Crippen molar-refractivity contribution in [1.82, 2.24) is 14.5 Å². The lowest BCUT2D eigenvalue weighted by Crippen LogP contribution is -2.48. The molecule has 0 unspecified atom stereocenters. The molecule has 1 heterocycles. The molecule has 3 aromatic carbocycles. The van der Waals surface area contributed by atoms with Crippen molar-refractivity contribution in [3.05, 3.63) is 101 Å². The van der Waals surface area contributed by atoms with Crippen LogP contribution < -0.4 is 4.72 Å². The normalized spacial score (nSPS) is 14.9. The molecule has 0 aromatic heterocycles. The Morgan fingerprint density at radius 3 is 2.27 bits per heavy atom. The predicted molar refractivity (Wildman–Crippen MR) is 129 cm³/mol. The summed E-state index contributed by atoms with van der Waals surface area (Å²) in [6.07, 6.45) is 0. The first kappa shape index (κ1) is 23.2. The van der Waals surface area contributed by atoms with Crippen molar-refractivity contribution >= 4 is 15.9 Å². The fraction of sp³-hybridized carbons (Fsp3) is 0.269. The Morgan fingerprint density at radius 1 is 0.848 bits per heavy atom. The Balaban J connectivity index is 1.36. The Morgan fingerprint density at radius 2 is 1.55 bits per heavy atom. The fourth-order valence-corrected chi connectivity index (χ4v) is 5.08. The molecule has 0 atom stereocenters. The Labute approximate surface area is 195 Å². The first-order valence-corrected chi connectivity index (χ1v) is 12.6. The topological polar surface area (TPSA) is 69.7 Å². The number of hydrogen-bond acceptors (Lipinski definition) is 4. The van der Waals surface area contributed by atoms with Crippen LogP contribution in [0.4, 0.5) is 0 Å². The molecule has 1 aliphatic heterocycles. The van der Waals surface area contributed by atoms with E-state index in [1.54, 1.807) is 17.0 Å². The SMILES string of the molecule is Cc1cccc(CN2CCN(C(=O)c3cccc(S(=O)(=O)NCc4ccccc4)c3)CC2)c1. The van der Waals surface area contributed by atoms with Gasteiger partial charge in [-0.1, -0.05) is 66.2 Å². The number of amides is 1. The van der Waals surface area contributed by atoms with Crippen LogP contribution in [-0.4, -0.2) is 50.3 Å². The molecule has 1 fully saturated rings. The van der Waals surface area contributed by atoms with Crippen molar-refractivity contribution in [3.8, 4) is 0 Å². The maximum atomic E-state index is 13.1. The molecule has 33 heavy (non-hydrogen) atoms. The van der Waals surface area contributed by atoms with Gasteiger partial charge < -0.3 is 4.90 Å². The summed E-state index contributed by atoms with van der Waals surface area (Å²) in [6, 6.07) is 24.1. The largest absolute Gasteiger partial charge is 0.336 e. The van der Waals surface area contributed by atoms with E-state index in [2.05, 4.69) is 40.8 Å². The van der Waals surface area contributed by atoms with Gasteiger partial charge in [0.25, 0.3) is 5.91 Å². The van der Waals surface area contributed by atoms with Crippen molar-refractivity contribution in [3.63, 3.8) is 0 Å². The van der Waals surface area contributed by atoms with E-state index in [-0.39, 0.29) is 17.3 Å². The van der Waals surface area contributed by atoms with Gasteiger partial charge in [0.15, 0.2) is 0 Å². The van der Waals surface area contributed by atoms with Gasteiger partial charge in [0.1, 0.15) is 0 Å². The minimum atomic E-state index is -3.72. The van der Waals surface area contributed by atoms with Crippen molar-refractivity contribution < 1.29 is 13.2 Å². The monoisotopic (exact) mass is 463 g/mol. The van der Waals surface area contributed by atoms with E-state index in [0.29, 0.717) is 18.7 Å². The highest BCUT2D eigenvalue weighted by Crippen LogP contribution is 2.16. The van der Waals surface area contributed by atoms with E-state index < -0.39 is 10.0 Å². The number of rotatable bonds is 7. The van der Waals surface area contributed by atoms with Gasteiger partial charge in [0.05, 0.1) is 4.90 Å². The number of nitrogens with zero attached hydrogens (tertiary/aromatic N) is 2. The molecular formula is C26H29N3O3S. The number of hydrogen-bond donors (Lipinski definition) is 1. The van der Waals surface area contributed by atoms with E-state index in [9.17, 15) is 13.2 Å². The van der Waals surface area contributed by atoms with Gasteiger partial charge in [-0.2, -0.15) is 0 Å². The van der Waals surface area contributed by atoms with Crippen LogP contribution in [0.3, 0.4) is 0 Å². The lowest BCUT2D eigenvalue weighted by Gasteiger charge is -2.35. The molecule has 1 saturated heterocycles. The van der Waals surface area contributed by atoms with Crippen LogP contribution in [0.15, 0.2) is 83.8 Å². The zero-order chi connectivity index (χ0) is 23.3. The van der Waals surface area contributed by atoms with Crippen LogP contribution in [0.2, 0.25) is 0 Å². The molecule has 172 valence electrons. The second kappa shape index (κ2) is 10.3. The number of carbonyl (C=O) groups is 1. The summed E-state index contributed by atoms with van der Waals surface area (Å²) in [6.45, 7) is 5.97. The molecule has 6 nitrogen and oxygen atoms in total. The first-order chi connectivity index (χ1) is 15.9. The average Bonchev–Trinajstić information content (AvgIpc) is 2.84. The molecule has 3 aromatic rings. The third-order valence-electron chi connectivity index (χ3n) is 5.85. The molecular weight excluding hydrogens is 434 g/mol. The van der Waals surface area contributed by atoms with Crippen molar-refractivity contribution in [2.24, 2.45) is 0 Å². The number of nitrogens with one attached hydrogen (secondary N) is 1. The molecule has 0 radical (unpaired) electrons. The van der Waals surface area contributed by atoms with E-state index in [0.717, 1.165) is 25.2 Å². The van der Waals surface area contributed by atoms with Gasteiger partial charge in [-0.3, -0.25) is 9.69 Å². The number of sulfonamides is 1. The predicted octanol–water partition coefficient (Wildman–Crippen LogP) is 3.43. The summed E-state index contributed by atoms with van der Waals surface area (Å²) in [4.78, 5) is 17.3. The Bertz CT molecular complexity index is 1200. The molecule has 0 spiro atoms. The van der Waals surface area contributed by atoms with Crippen molar-refractivity contribution in [2.75, 3.05) is 26.2 Å². The summed E-state index contributed by atoms with van der Waals surface area (Å²) in [5.41, 5.74) is 3.78.